The van der Waals surface area contributed by atoms with E-state index < -0.39 is 12.0 Å². The van der Waals surface area contributed by atoms with Crippen molar-refractivity contribution in [2.45, 2.75) is 6.04 Å². The van der Waals surface area contributed by atoms with Crippen LogP contribution in [0.2, 0.25) is 0 Å². The Morgan fingerprint density at radius 2 is 2.36 bits per heavy atom. The number of carboxylic acids is 1. The summed E-state index contributed by atoms with van der Waals surface area (Å²) < 4.78 is 0. The number of hydrogen-bond donors (Lipinski definition) is 2. The van der Waals surface area contributed by atoms with E-state index in [1.165, 1.54) is 18.3 Å². The van der Waals surface area contributed by atoms with E-state index in [1.807, 2.05) is 0 Å². The van der Waals surface area contributed by atoms with Gasteiger partial charge in [0.25, 0.3) is 0 Å². The molecule has 0 radical (unpaired) electrons. The van der Waals surface area contributed by atoms with Crippen molar-refractivity contribution < 1.29 is 14.7 Å². The number of aromatic nitrogens is 1. The summed E-state index contributed by atoms with van der Waals surface area (Å²) >= 11 is 0. The molecule has 0 aliphatic heterocycles. The molecule has 0 aliphatic carbocycles. The van der Waals surface area contributed by atoms with Gasteiger partial charge in [0.05, 0.1) is 5.57 Å². The summed E-state index contributed by atoms with van der Waals surface area (Å²) in [6.07, 6.45) is 2.88. The standard InChI is InChI=1S/C9H8N2O3/c10-8(9(13)14)7(5-12)6-2-1-3-11-4-6/h1-4,8H,10H2,(H,13,14). The van der Waals surface area contributed by atoms with Gasteiger partial charge in [-0.2, -0.15) is 0 Å². The molecule has 0 saturated carbocycles. The number of carbonyl (C=O) groups is 1. The predicted octanol–water partition coefficient (Wildman–Crippen LogP) is -0.292. The number of hydrogen-bond acceptors (Lipinski definition) is 4. The molecule has 5 heteroatoms. The topological polar surface area (TPSA) is 93.3 Å². The van der Waals surface area contributed by atoms with E-state index in [9.17, 15) is 9.59 Å². The van der Waals surface area contributed by atoms with E-state index in [4.69, 9.17) is 10.8 Å². The van der Waals surface area contributed by atoms with Crippen molar-refractivity contribution in [1.29, 1.82) is 0 Å². The Labute approximate surface area is 79.9 Å². The van der Waals surface area contributed by atoms with Crippen LogP contribution in [-0.4, -0.2) is 28.0 Å². The summed E-state index contributed by atoms with van der Waals surface area (Å²) in [5.74, 6) is 0.249. The molecule has 72 valence electrons. The Hall–Kier alpha value is -1.97. The molecule has 1 aromatic rings. The van der Waals surface area contributed by atoms with E-state index in [0.717, 1.165) is 0 Å². The summed E-state index contributed by atoms with van der Waals surface area (Å²) in [4.78, 5) is 24.8. The molecule has 0 saturated heterocycles. The van der Waals surface area contributed by atoms with Crippen LogP contribution in [0.3, 0.4) is 0 Å². The molecule has 0 aliphatic rings. The zero-order valence-corrected chi connectivity index (χ0v) is 7.18. The molecule has 14 heavy (non-hydrogen) atoms. The van der Waals surface area contributed by atoms with Crippen LogP contribution >= 0.6 is 0 Å². The fourth-order valence-corrected chi connectivity index (χ4v) is 0.948. The second-order valence-corrected chi connectivity index (χ2v) is 2.57. The fourth-order valence-electron chi connectivity index (χ4n) is 0.948. The minimum absolute atomic E-state index is 0.106. The largest absolute Gasteiger partial charge is 0.480 e. The number of pyridine rings is 1. The first kappa shape index (κ1) is 10.1. The van der Waals surface area contributed by atoms with Gasteiger partial charge in [0.15, 0.2) is 0 Å². The molecule has 5 nitrogen and oxygen atoms in total. The molecule has 0 fully saturated rings. The minimum atomic E-state index is -1.36. The SMILES string of the molecule is NC(C(=O)O)C(=C=O)c1cccnc1. The van der Waals surface area contributed by atoms with E-state index in [-0.39, 0.29) is 5.57 Å². The fraction of sp³-hybridized carbons (Fsp3) is 0.111. The van der Waals surface area contributed by atoms with Gasteiger partial charge in [0.1, 0.15) is 12.0 Å². The van der Waals surface area contributed by atoms with Crippen molar-refractivity contribution in [3.8, 4) is 0 Å². The summed E-state index contributed by atoms with van der Waals surface area (Å²) in [5.41, 5.74) is 5.54. The lowest BCUT2D eigenvalue weighted by molar-refractivity contribution is -0.137. The molecule has 1 heterocycles. The molecule has 1 aromatic heterocycles. The maximum atomic E-state index is 10.5. The third-order valence-electron chi connectivity index (χ3n) is 1.66. The summed E-state index contributed by atoms with van der Waals surface area (Å²) in [7, 11) is 0. The van der Waals surface area contributed by atoms with Crippen LogP contribution < -0.4 is 5.73 Å². The van der Waals surface area contributed by atoms with Gasteiger partial charge >= 0.3 is 5.97 Å². The lowest BCUT2D eigenvalue weighted by Gasteiger charge is -2.06. The highest BCUT2D eigenvalue weighted by molar-refractivity contribution is 6.00. The highest BCUT2D eigenvalue weighted by atomic mass is 16.4. The molecule has 1 unspecified atom stereocenters. The van der Waals surface area contributed by atoms with Crippen molar-refractivity contribution in [1.82, 2.24) is 4.98 Å². The van der Waals surface area contributed by atoms with E-state index in [0.29, 0.717) is 5.56 Å². The van der Waals surface area contributed by atoms with Gasteiger partial charge in [-0.15, -0.1) is 0 Å². The average molecular weight is 192 g/mol. The van der Waals surface area contributed by atoms with Gasteiger partial charge in [-0.05, 0) is 6.07 Å². The van der Waals surface area contributed by atoms with Crippen LogP contribution in [0.1, 0.15) is 5.56 Å². The highest BCUT2D eigenvalue weighted by Crippen LogP contribution is 2.12. The van der Waals surface area contributed by atoms with Crippen LogP contribution in [0.4, 0.5) is 0 Å². The summed E-state index contributed by atoms with van der Waals surface area (Å²) in [6, 6.07) is 1.77. The van der Waals surface area contributed by atoms with Crippen molar-refractivity contribution in [2.24, 2.45) is 5.73 Å². The predicted molar refractivity (Wildman–Crippen MR) is 48.9 cm³/mol. The third kappa shape index (κ3) is 2.04. The summed E-state index contributed by atoms with van der Waals surface area (Å²) in [5, 5.41) is 8.60. The first-order valence-corrected chi connectivity index (χ1v) is 3.80. The zero-order chi connectivity index (χ0) is 10.6. The summed E-state index contributed by atoms with van der Waals surface area (Å²) in [6.45, 7) is 0. The van der Waals surface area contributed by atoms with E-state index in [1.54, 1.807) is 12.1 Å². The smallest absolute Gasteiger partial charge is 0.325 e. The van der Waals surface area contributed by atoms with E-state index in [2.05, 4.69) is 4.98 Å². The molecular weight excluding hydrogens is 184 g/mol. The molecular formula is C9H8N2O3. The van der Waals surface area contributed by atoms with Crippen LogP contribution in [0, 0.1) is 0 Å². The normalized spacial score (nSPS) is 11.5. The van der Waals surface area contributed by atoms with Crippen LogP contribution in [0.5, 0.6) is 0 Å². The van der Waals surface area contributed by atoms with Gasteiger partial charge in [-0.1, -0.05) is 6.07 Å². The van der Waals surface area contributed by atoms with Gasteiger partial charge in [-0.25, -0.2) is 4.79 Å². The maximum absolute atomic E-state index is 10.5. The average Bonchev–Trinajstić information content (AvgIpc) is 2.20. The second-order valence-electron chi connectivity index (χ2n) is 2.57. The molecule has 1 rings (SSSR count). The van der Waals surface area contributed by atoms with Crippen molar-refractivity contribution in [3.05, 3.63) is 30.1 Å². The minimum Gasteiger partial charge on any atom is -0.480 e. The van der Waals surface area contributed by atoms with Crippen molar-refractivity contribution >= 4 is 17.5 Å². The first-order valence-electron chi connectivity index (χ1n) is 3.80. The lowest BCUT2D eigenvalue weighted by Crippen LogP contribution is -2.31. The number of nitrogens with zero attached hydrogens (tertiary/aromatic N) is 1. The van der Waals surface area contributed by atoms with Crippen molar-refractivity contribution in [3.63, 3.8) is 0 Å². The Bertz CT molecular complexity index is 382. The Morgan fingerprint density at radius 1 is 1.64 bits per heavy atom. The van der Waals surface area contributed by atoms with Crippen LogP contribution in [0.15, 0.2) is 24.5 Å². The Balaban J connectivity index is 3.07. The van der Waals surface area contributed by atoms with Crippen LogP contribution in [0.25, 0.3) is 5.57 Å². The Kier molecular flexibility index (Phi) is 3.12. The zero-order valence-electron chi connectivity index (χ0n) is 7.18. The second kappa shape index (κ2) is 4.32. The van der Waals surface area contributed by atoms with Crippen molar-refractivity contribution in [2.75, 3.05) is 0 Å². The Morgan fingerprint density at radius 3 is 2.79 bits per heavy atom. The monoisotopic (exact) mass is 192 g/mol. The number of nitrogens with two attached hydrogens (primary N) is 1. The quantitative estimate of drug-likeness (QED) is 0.642. The molecule has 0 amide bonds. The molecule has 3 N–H and O–H groups in total. The maximum Gasteiger partial charge on any atom is 0.325 e. The number of aliphatic carboxylic acids is 1. The molecule has 0 aromatic carbocycles. The molecule has 0 bridgehead atoms. The van der Waals surface area contributed by atoms with Gasteiger partial charge < -0.3 is 10.8 Å². The number of rotatable bonds is 3. The van der Waals surface area contributed by atoms with Gasteiger partial charge in [0.2, 0.25) is 0 Å². The number of carbonyl (C=O) groups excluding carboxylic acids is 1. The van der Waals surface area contributed by atoms with Crippen LogP contribution in [-0.2, 0) is 9.59 Å². The van der Waals surface area contributed by atoms with Gasteiger partial charge in [-0.3, -0.25) is 9.78 Å². The third-order valence-corrected chi connectivity index (χ3v) is 1.66. The molecule has 0 spiro atoms. The molecule has 1 atom stereocenters. The number of carboxylic acid groups (broad SMARTS) is 1. The first-order chi connectivity index (χ1) is 6.66. The van der Waals surface area contributed by atoms with E-state index >= 15 is 0 Å². The highest BCUT2D eigenvalue weighted by Gasteiger charge is 2.19. The van der Waals surface area contributed by atoms with Gasteiger partial charge in [0, 0.05) is 18.0 Å². The lowest BCUT2D eigenvalue weighted by atomic mass is 10.0.